The average Bonchev–Trinajstić information content (AvgIpc) is 2.28. The van der Waals surface area contributed by atoms with Crippen molar-refractivity contribution in [1.82, 2.24) is 0 Å². The first-order valence-electron chi connectivity index (χ1n) is 5.95. The summed E-state index contributed by atoms with van der Waals surface area (Å²) in [6.45, 7) is 5.50. The van der Waals surface area contributed by atoms with Crippen molar-refractivity contribution >= 4 is 11.8 Å². The Morgan fingerprint density at radius 2 is 2.06 bits per heavy atom. The van der Waals surface area contributed by atoms with Gasteiger partial charge in [0.1, 0.15) is 5.75 Å². The molecule has 4 heteroatoms. The minimum Gasteiger partial charge on any atom is -0.508 e. The lowest BCUT2D eigenvalue weighted by atomic mass is 9.93. The number of esters is 1. The van der Waals surface area contributed by atoms with Gasteiger partial charge in [-0.05, 0) is 37.6 Å². The molecule has 18 heavy (non-hydrogen) atoms. The lowest BCUT2D eigenvalue weighted by molar-refractivity contribution is -0.143. The number of carbonyl (C=O) groups excluding carboxylic acids is 2. The summed E-state index contributed by atoms with van der Waals surface area (Å²) in [6, 6.07) is 4.58. The molecular formula is C14H18O4. The van der Waals surface area contributed by atoms with Crippen LogP contribution in [0.25, 0.3) is 0 Å². The molecule has 1 atom stereocenters. The molecular weight excluding hydrogens is 232 g/mol. The number of aromatic hydroxyl groups is 1. The minimum atomic E-state index is -0.424. The van der Waals surface area contributed by atoms with Crippen LogP contribution in [0.15, 0.2) is 18.2 Å². The van der Waals surface area contributed by atoms with Crippen molar-refractivity contribution in [2.45, 2.75) is 27.2 Å². The van der Waals surface area contributed by atoms with Gasteiger partial charge in [-0.15, -0.1) is 0 Å². The third-order valence-electron chi connectivity index (χ3n) is 2.70. The van der Waals surface area contributed by atoms with Gasteiger partial charge in [-0.25, -0.2) is 0 Å². The Hall–Kier alpha value is -1.84. The van der Waals surface area contributed by atoms with Crippen LogP contribution in [-0.2, 0) is 9.53 Å². The van der Waals surface area contributed by atoms with Crippen molar-refractivity contribution < 1.29 is 19.4 Å². The Bertz CT molecular complexity index is 451. The first-order valence-corrected chi connectivity index (χ1v) is 5.95. The van der Waals surface area contributed by atoms with E-state index in [-0.39, 0.29) is 23.9 Å². The third kappa shape index (κ3) is 3.58. The maximum Gasteiger partial charge on any atom is 0.306 e. The largest absolute Gasteiger partial charge is 0.508 e. The summed E-state index contributed by atoms with van der Waals surface area (Å²) < 4.78 is 4.82. The van der Waals surface area contributed by atoms with Crippen LogP contribution in [0.4, 0.5) is 0 Å². The summed E-state index contributed by atoms with van der Waals surface area (Å²) in [7, 11) is 0. The SMILES string of the molecule is CCOC(=O)CC(C)C(=O)c1ccc(O)cc1C. The molecule has 1 unspecified atom stereocenters. The Morgan fingerprint density at radius 3 is 2.61 bits per heavy atom. The molecule has 0 bridgehead atoms. The number of aryl methyl sites for hydroxylation is 1. The van der Waals surface area contributed by atoms with Gasteiger partial charge in [-0.2, -0.15) is 0 Å². The molecule has 4 nitrogen and oxygen atoms in total. The molecule has 1 rings (SSSR count). The van der Waals surface area contributed by atoms with Gasteiger partial charge in [-0.1, -0.05) is 6.92 Å². The smallest absolute Gasteiger partial charge is 0.306 e. The molecule has 0 spiro atoms. The molecule has 0 saturated carbocycles. The van der Waals surface area contributed by atoms with E-state index >= 15 is 0 Å². The second-order valence-corrected chi connectivity index (χ2v) is 4.27. The van der Waals surface area contributed by atoms with E-state index < -0.39 is 5.92 Å². The molecule has 0 amide bonds. The van der Waals surface area contributed by atoms with E-state index in [1.807, 2.05) is 0 Å². The second-order valence-electron chi connectivity index (χ2n) is 4.27. The van der Waals surface area contributed by atoms with Crippen molar-refractivity contribution in [2.75, 3.05) is 6.61 Å². The quantitative estimate of drug-likeness (QED) is 0.644. The Morgan fingerprint density at radius 1 is 1.39 bits per heavy atom. The number of hydrogen-bond acceptors (Lipinski definition) is 4. The number of benzene rings is 1. The number of ketones is 1. The fraction of sp³-hybridized carbons (Fsp3) is 0.429. The number of Topliss-reactive ketones (excluding diaryl/α,β-unsaturated/α-hetero) is 1. The van der Waals surface area contributed by atoms with Crippen LogP contribution in [0.2, 0.25) is 0 Å². The minimum absolute atomic E-state index is 0.0764. The lowest BCUT2D eigenvalue weighted by Gasteiger charge is -2.11. The maximum absolute atomic E-state index is 12.1. The Balaban J connectivity index is 2.77. The Labute approximate surface area is 107 Å². The number of rotatable bonds is 5. The molecule has 0 aromatic heterocycles. The van der Waals surface area contributed by atoms with Gasteiger partial charge < -0.3 is 9.84 Å². The number of phenolic OH excluding ortho intramolecular Hbond substituents is 1. The highest BCUT2D eigenvalue weighted by Gasteiger charge is 2.20. The normalized spacial score (nSPS) is 11.9. The zero-order valence-electron chi connectivity index (χ0n) is 10.9. The molecule has 0 saturated heterocycles. The van der Waals surface area contributed by atoms with E-state index in [1.54, 1.807) is 26.8 Å². The monoisotopic (exact) mass is 250 g/mol. The molecule has 0 fully saturated rings. The van der Waals surface area contributed by atoms with E-state index in [9.17, 15) is 14.7 Å². The second kappa shape index (κ2) is 6.19. The molecule has 0 aliphatic rings. The lowest BCUT2D eigenvalue weighted by Crippen LogP contribution is -2.18. The van der Waals surface area contributed by atoms with E-state index in [4.69, 9.17) is 4.74 Å². The molecule has 98 valence electrons. The van der Waals surface area contributed by atoms with Gasteiger partial charge in [0.15, 0.2) is 5.78 Å². The molecule has 0 aliphatic heterocycles. The number of ether oxygens (including phenoxy) is 1. The summed E-state index contributed by atoms with van der Waals surface area (Å²) >= 11 is 0. The molecule has 0 aliphatic carbocycles. The Kier molecular flexibility index (Phi) is 4.89. The first-order chi connectivity index (χ1) is 8.45. The van der Waals surface area contributed by atoms with Gasteiger partial charge in [0.2, 0.25) is 0 Å². The summed E-state index contributed by atoms with van der Waals surface area (Å²) in [6.07, 6.45) is 0.0764. The fourth-order valence-corrected chi connectivity index (χ4v) is 1.75. The number of phenols is 1. The first kappa shape index (κ1) is 14.2. The number of hydrogen-bond donors (Lipinski definition) is 1. The molecule has 1 N–H and O–H groups in total. The third-order valence-corrected chi connectivity index (χ3v) is 2.70. The van der Waals surface area contributed by atoms with Crippen molar-refractivity contribution in [3.05, 3.63) is 29.3 Å². The van der Waals surface area contributed by atoms with Crippen LogP contribution >= 0.6 is 0 Å². The highest BCUT2D eigenvalue weighted by atomic mass is 16.5. The van der Waals surface area contributed by atoms with Crippen LogP contribution in [-0.4, -0.2) is 23.5 Å². The number of carbonyl (C=O) groups is 2. The van der Waals surface area contributed by atoms with Crippen molar-refractivity contribution in [1.29, 1.82) is 0 Å². The predicted octanol–water partition coefficient (Wildman–Crippen LogP) is 2.47. The fourth-order valence-electron chi connectivity index (χ4n) is 1.75. The van der Waals surface area contributed by atoms with Crippen LogP contribution in [0.1, 0.15) is 36.2 Å². The highest BCUT2D eigenvalue weighted by Crippen LogP contribution is 2.20. The van der Waals surface area contributed by atoms with Crippen LogP contribution in [0, 0.1) is 12.8 Å². The molecule has 0 radical (unpaired) electrons. The summed E-state index contributed by atoms with van der Waals surface area (Å²) in [4.78, 5) is 23.4. The maximum atomic E-state index is 12.1. The highest BCUT2D eigenvalue weighted by molar-refractivity contribution is 6.00. The summed E-state index contributed by atoms with van der Waals surface area (Å²) in [5, 5.41) is 9.29. The van der Waals surface area contributed by atoms with Gasteiger partial charge in [0, 0.05) is 11.5 Å². The van der Waals surface area contributed by atoms with Crippen LogP contribution < -0.4 is 0 Å². The van der Waals surface area contributed by atoms with E-state index in [0.29, 0.717) is 17.7 Å². The summed E-state index contributed by atoms with van der Waals surface area (Å²) in [5.74, 6) is -0.773. The zero-order valence-corrected chi connectivity index (χ0v) is 10.9. The average molecular weight is 250 g/mol. The van der Waals surface area contributed by atoms with Gasteiger partial charge in [0.25, 0.3) is 0 Å². The zero-order chi connectivity index (χ0) is 13.7. The van der Waals surface area contributed by atoms with Crippen molar-refractivity contribution in [3.63, 3.8) is 0 Å². The van der Waals surface area contributed by atoms with Gasteiger partial charge in [0.05, 0.1) is 13.0 Å². The van der Waals surface area contributed by atoms with Gasteiger partial charge in [-0.3, -0.25) is 9.59 Å². The van der Waals surface area contributed by atoms with E-state index in [1.165, 1.54) is 12.1 Å². The summed E-state index contributed by atoms with van der Waals surface area (Å²) in [5.41, 5.74) is 1.24. The van der Waals surface area contributed by atoms with E-state index in [0.717, 1.165) is 0 Å². The van der Waals surface area contributed by atoms with Crippen molar-refractivity contribution in [2.24, 2.45) is 5.92 Å². The van der Waals surface area contributed by atoms with Crippen molar-refractivity contribution in [3.8, 4) is 5.75 Å². The topological polar surface area (TPSA) is 63.6 Å². The van der Waals surface area contributed by atoms with Crippen LogP contribution in [0.5, 0.6) is 5.75 Å². The molecule has 1 aromatic rings. The standard InChI is InChI=1S/C14H18O4/c1-4-18-13(16)8-10(3)14(17)12-6-5-11(15)7-9(12)2/h5-7,10,15H,4,8H2,1-3H3. The molecule has 1 aromatic carbocycles. The predicted molar refractivity (Wildman–Crippen MR) is 67.6 cm³/mol. The van der Waals surface area contributed by atoms with Gasteiger partial charge >= 0.3 is 5.97 Å². The van der Waals surface area contributed by atoms with E-state index in [2.05, 4.69) is 0 Å². The van der Waals surface area contributed by atoms with Crippen LogP contribution in [0.3, 0.4) is 0 Å². The molecule has 0 heterocycles.